The molecule has 0 bridgehead atoms. The second-order valence-corrected chi connectivity index (χ2v) is 4.18. The number of anilines is 1. The van der Waals surface area contributed by atoms with Crippen molar-refractivity contribution in [3.8, 4) is 5.75 Å². The third-order valence-corrected chi connectivity index (χ3v) is 2.75. The number of carbonyl (C=O) groups is 1. The Morgan fingerprint density at radius 2 is 2.15 bits per heavy atom. The fraction of sp³-hybridized carbons (Fsp3) is 0.500. The molecular weight excluding hydrogens is 260 g/mol. The van der Waals surface area contributed by atoms with Gasteiger partial charge in [-0.3, -0.25) is 4.79 Å². The summed E-state index contributed by atoms with van der Waals surface area (Å²) in [7, 11) is 3.15. The average molecular weight is 282 g/mol. The summed E-state index contributed by atoms with van der Waals surface area (Å²) in [5.74, 6) is 0.159. The first-order valence-electron chi connectivity index (χ1n) is 6.45. The fourth-order valence-electron chi connectivity index (χ4n) is 1.74. The summed E-state index contributed by atoms with van der Waals surface area (Å²) in [6.07, 6.45) is -0.194. The zero-order chi connectivity index (χ0) is 15.0. The van der Waals surface area contributed by atoms with E-state index in [4.69, 9.17) is 19.9 Å². The molecule has 0 saturated heterocycles. The summed E-state index contributed by atoms with van der Waals surface area (Å²) >= 11 is 0. The van der Waals surface area contributed by atoms with Crippen LogP contribution in [0.5, 0.6) is 5.75 Å². The number of methoxy groups -OCH3 is 2. The van der Waals surface area contributed by atoms with Gasteiger partial charge in [0, 0.05) is 20.8 Å². The van der Waals surface area contributed by atoms with Crippen LogP contribution in [0.2, 0.25) is 0 Å². The number of ether oxygens (including phenoxy) is 3. The lowest BCUT2D eigenvalue weighted by atomic mass is 10.1. The van der Waals surface area contributed by atoms with Crippen LogP contribution in [0, 0.1) is 0 Å². The molecule has 6 nitrogen and oxygen atoms in total. The standard InChI is InChI=1S/C14H22N2O4/c1-4-20-13-11(6-5-7-12(13)15)14(17)16-8-10(19-3)9-18-2/h5-7,10H,4,8-9,15H2,1-3H3,(H,16,17). The van der Waals surface area contributed by atoms with E-state index in [2.05, 4.69) is 5.32 Å². The summed E-state index contributed by atoms with van der Waals surface area (Å²) in [6.45, 7) is 3.04. The maximum atomic E-state index is 12.2. The lowest BCUT2D eigenvalue weighted by Gasteiger charge is -2.16. The van der Waals surface area contributed by atoms with Gasteiger partial charge < -0.3 is 25.3 Å². The summed E-state index contributed by atoms with van der Waals surface area (Å²) in [6, 6.07) is 5.09. The monoisotopic (exact) mass is 282 g/mol. The van der Waals surface area contributed by atoms with Gasteiger partial charge in [-0.25, -0.2) is 0 Å². The minimum atomic E-state index is -0.251. The maximum Gasteiger partial charge on any atom is 0.255 e. The number of nitrogen functional groups attached to an aromatic ring is 1. The maximum absolute atomic E-state index is 12.2. The van der Waals surface area contributed by atoms with E-state index in [9.17, 15) is 4.79 Å². The van der Waals surface area contributed by atoms with Crippen LogP contribution in [0.3, 0.4) is 0 Å². The molecule has 112 valence electrons. The zero-order valence-corrected chi connectivity index (χ0v) is 12.1. The largest absolute Gasteiger partial charge is 0.491 e. The van der Waals surface area contributed by atoms with Crippen molar-refractivity contribution in [1.29, 1.82) is 0 Å². The van der Waals surface area contributed by atoms with Gasteiger partial charge in [0.05, 0.1) is 30.6 Å². The van der Waals surface area contributed by atoms with Crippen LogP contribution in [0.4, 0.5) is 5.69 Å². The molecule has 1 amide bonds. The van der Waals surface area contributed by atoms with E-state index >= 15 is 0 Å². The van der Waals surface area contributed by atoms with Gasteiger partial charge in [0.25, 0.3) is 5.91 Å². The Morgan fingerprint density at radius 3 is 2.75 bits per heavy atom. The number of amides is 1. The molecule has 6 heteroatoms. The summed E-state index contributed by atoms with van der Waals surface area (Å²) in [4.78, 5) is 12.2. The van der Waals surface area contributed by atoms with E-state index in [1.165, 1.54) is 0 Å². The van der Waals surface area contributed by atoms with Gasteiger partial charge in [0.2, 0.25) is 0 Å². The Bertz CT molecular complexity index is 437. The van der Waals surface area contributed by atoms with E-state index in [1.807, 2.05) is 6.92 Å². The molecule has 1 unspecified atom stereocenters. The number of rotatable bonds is 8. The van der Waals surface area contributed by atoms with Gasteiger partial charge >= 0.3 is 0 Å². The molecule has 0 radical (unpaired) electrons. The second kappa shape index (κ2) is 8.39. The first-order valence-corrected chi connectivity index (χ1v) is 6.45. The van der Waals surface area contributed by atoms with Crippen LogP contribution < -0.4 is 15.8 Å². The Hall–Kier alpha value is -1.79. The van der Waals surface area contributed by atoms with Crippen molar-refractivity contribution in [2.24, 2.45) is 0 Å². The minimum absolute atomic E-state index is 0.194. The number of carbonyl (C=O) groups excluding carboxylic acids is 1. The third kappa shape index (κ3) is 4.40. The first kappa shape index (κ1) is 16.3. The fourth-order valence-corrected chi connectivity index (χ4v) is 1.74. The number of nitrogens with one attached hydrogen (secondary N) is 1. The number of hydrogen-bond acceptors (Lipinski definition) is 5. The van der Waals surface area contributed by atoms with Crippen LogP contribution in [-0.2, 0) is 9.47 Å². The van der Waals surface area contributed by atoms with E-state index in [1.54, 1.807) is 32.4 Å². The topological polar surface area (TPSA) is 82.8 Å². The zero-order valence-electron chi connectivity index (χ0n) is 12.1. The Balaban J connectivity index is 2.74. The summed E-state index contributed by atoms with van der Waals surface area (Å²) in [5, 5.41) is 2.78. The van der Waals surface area contributed by atoms with E-state index in [-0.39, 0.29) is 12.0 Å². The number of hydrogen-bond donors (Lipinski definition) is 2. The highest BCUT2D eigenvalue weighted by molar-refractivity contribution is 5.98. The van der Waals surface area contributed by atoms with Crippen LogP contribution in [-0.4, -0.2) is 46.0 Å². The van der Waals surface area contributed by atoms with E-state index in [0.717, 1.165) is 0 Å². The van der Waals surface area contributed by atoms with Gasteiger partial charge in [-0.05, 0) is 19.1 Å². The summed E-state index contributed by atoms with van der Waals surface area (Å²) in [5.41, 5.74) is 6.69. The van der Waals surface area contributed by atoms with Gasteiger partial charge in [-0.1, -0.05) is 6.07 Å². The van der Waals surface area contributed by atoms with Gasteiger partial charge in [-0.15, -0.1) is 0 Å². The van der Waals surface area contributed by atoms with Crippen molar-refractivity contribution in [2.75, 3.05) is 39.7 Å². The van der Waals surface area contributed by atoms with Gasteiger partial charge in [0.15, 0.2) is 5.75 Å². The van der Waals surface area contributed by atoms with E-state index < -0.39 is 0 Å². The van der Waals surface area contributed by atoms with Crippen molar-refractivity contribution in [2.45, 2.75) is 13.0 Å². The molecule has 1 aromatic rings. The average Bonchev–Trinajstić information content (AvgIpc) is 2.45. The Morgan fingerprint density at radius 1 is 1.40 bits per heavy atom. The SMILES string of the molecule is CCOc1c(N)cccc1C(=O)NCC(COC)OC. The van der Waals surface area contributed by atoms with Crippen molar-refractivity contribution < 1.29 is 19.0 Å². The second-order valence-electron chi connectivity index (χ2n) is 4.18. The predicted molar refractivity (Wildman–Crippen MR) is 77.0 cm³/mol. The molecule has 0 spiro atoms. The number of para-hydroxylation sites is 1. The van der Waals surface area contributed by atoms with Crippen molar-refractivity contribution >= 4 is 11.6 Å². The smallest absolute Gasteiger partial charge is 0.255 e. The third-order valence-electron chi connectivity index (χ3n) is 2.75. The van der Waals surface area contributed by atoms with Crippen LogP contribution in [0.15, 0.2) is 18.2 Å². The molecule has 0 aliphatic rings. The molecule has 3 N–H and O–H groups in total. The molecule has 1 aromatic carbocycles. The molecule has 1 rings (SSSR count). The lowest BCUT2D eigenvalue weighted by molar-refractivity contribution is 0.0285. The predicted octanol–water partition coefficient (Wildman–Crippen LogP) is 1.06. The molecule has 1 atom stereocenters. The molecule has 0 aromatic heterocycles. The van der Waals surface area contributed by atoms with Crippen molar-refractivity contribution in [3.05, 3.63) is 23.8 Å². The Labute approximate surface area is 119 Å². The van der Waals surface area contributed by atoms with Crippen LogP contribution in [0.1, 0.15) is 17.3 Å². The van der Waals surface area contributed by atoms with Crippen molar-refractivity contribution in [3.63, 3.8) is 0 Å². The highest BCUT2D eigenvalue weighted by atomic mass is 16.5. The minimum Gasteiger partial charge on any atom is -0.491 e. The highest BCUT2D eigenvalue weighted by Crippen LogP contribution is 2.26. The number of benzene rings is 1. The highest BCUT2D eigenvalue weighted by Gasteiger charge is 2.16. The van der Waals surface area contributed by atoms with Crippen LogP contribution >= 0.6 is 0 Å². The molecule has 20 heavy (non-hydrogen) atoms. The van der Waals surface area contributed by atoms with E-state index in [0.29, 0.717) is 36.8 Å². The quantitative estimate of drug-likeness (QED) is 0.697. The summed E-state index contributed by atoms with van der Waals surface area (Å²) < 4.78 is 15.6. The molecule has 0 aliphatic carbocycles. The van der Waals surface area contributed by atoms with Crippen molar-refractivity contribution in [1.82, 2.24) is 5.32 Å². The normalized spacial score (nSPS) is 11.9. The molecule has 0 aliphatic heterocycles. The Kier molecular flexibility index (Phi) is 6.83. The lowest BCUT2D eigenvalue weighted by Crippen LogP contribution is -2.35. The molecule has 0 saturated carbocycles. The molecular formula is C14H22N2O4. The molecule has 0 fully saturated rings. The first-order chi connectivity index (χ1) is 9.63. The number of nitrogens with two attached hydrogens (primary N) is 1. The van der Waals surface area contributed by atoms with Gasteiger partial charge in [-0.2, -0.15) is 0 Å². The molecule has 0 heterocycles. The van der Waals surface area contributed by atoms with Crippen LogP contribution in [0.25, 0.3) is 0 Å². The van der Waals surface area contributed by atoms with Gasteiger partial charge in [0.1, 0.15) is 0 Å².